The van der Waals surface area contributed by atoms with Crippen molar-refractivity contribution < 1.29 is 13.9 Å². The molecule has 3 aromatic rings. The highest BCUT2D eigenvalue weighted by Gasteiger charge is 2.18. The quantitative estimate of drug-likeness (QED) is 0.560. The molecule has 7 heteroatoms. The molecule has 6 nitrogen and oxygen atoms in total. The topological polar surface area (TPSA) is 73.4 Å². The molecule has 3 rings (SSSR count). The smallest absolute Gasteiger partial charge is 0.198 e. The minimum Gasteiger partial charge on any atom is -0.492 e. The van der Waals surface area contributed by atoms with Gasteiger partial charge in [0, 0.05) is 12.1 Å². The highest BCUT2D eigenvalue weighted by Crippen LogP contribution is 2.22. The third-order valence-electron chi connectivity index (χ3n) is 4.79. The average molecular weight is 396 g/mol. The van der Waals surface area contributed by atoms with Gasteiger partial charge in [0.25, 0.3) is 0 Å². The Balaban J connectivity index is 1.75. The molecule has 0 spiro atoms. The first kappa shape index (κ1) is 20.5. The van der Waals surface area contributed by atoms with E-state index >= 15 is 0 Å². The normalized spacial score (nSPS) is 11.0. The number of hydrogen-bond donors (Lipinski definition) is 1. The first-order valence-electron chi connectivity index (χ1n) is 9.62. The lowest BCUT2D eigenvalue weighted by Gasteiger charge is -2.18. The zero-order valence-corrected chi connectivity index (χ0v) is 16.6. The van der Waals surface area contributed by atoms with E-state index in [0.29, 0.717) is 23.6 Å². The Morgan fingerprint density at radius 2 is 1.90 bits per heavy atom. The Kier molecular flexibility index (Phi) is 6.61. The summed E-state index contributed by atoms with van der Waals surface area (Å²) in [5.74, 6) is 0.237. The summed E-state index contributed by atoms with van der Waals surface area (Å²) in [6, 6.07) is 12.8. The molecule has 0 saturated carbocycles. The lowest BCUT2D eigenvalue weighted by atomic mass is 10.1. The number of ketones is 1. The van der Waals surface area contributed by atoms with Gasteiger partial charge in [-0.25, -0.2) is 9.07 Å². The van der Waals surface area contributed by atoms with Gasteiger partial charge in [-0.3, -0.25) is 4.79 Å². The van der Waals surface area contributed by atoms with E-state index in [2.05, 4.69) is 23.8 Å². The lowest BCUT2D eigenvalue weighted by Crippen LogP contribution is -2.27. The third-order valence-corrected chi connectivity index (χ3v) is 4.79. The summed E-state index contributed by atoms with van der Waals surface area (Å²) < 4.78 is 20.4. The van der Waals surface area contributed by atoms with E-state index in [-0.39, 0.29) is 23.0 Å². The summed E-state index contributed by atoms with van der Waals surface area (Å²) in [5, 5.41) is 4.18. The fourth-order valence-electron chi connectivity index (χ4n) is 3.04. The van der Waals surface area contributed by atoms with Crippen LogP contribution in [0.2, 0.25) is 0 Å². The number of rotatable bonds is 9. The summed E-state index contributed by atoms with van der Waals surface area (Å²) in [6.07, 6.45) is 1.43. The van der Waals surface area contributed by atoms with Crippen LogP contribution < -0.4 is 10.5 Å². The molecule has 0 aliphatic rings. The van der Waals surface area contributed by atoms with Crippen molar-refractivity contribution >= 4 is 11.6 Å². The van der Waals surface area contributed by atoms with Gasteiger partial charge in [-0.15, -0.1) is 0 Å². The van der Waals surface area contributed by atoms with Gasteiger partial charge in [-0.2, -0.15) is 5.10 Å². The first-order chi connectivity index (χ1) is 14.0. The maximum absolute atomic E-state index is 13.1. The van der Waals surface area contributed by atoms with Crippen molar-refractivity contribution in [3.63, 3.8) is 0 Å². The molecule has 29 heavy (non-hydrogen) atoms. The Morgan fingerprint density at radius 1 is 1.17 bits per heavy atom. The van der Waals surface area contributed by atoms with Crippen LogP contribution in [0.25, 0.3) is 5.69 Å². The van der Waals surface area contributed by atoms with Crippen molar-refractivity contribution in [2.45, 2.75) is 13.8 Å². The molecular formula is C22H25FN4O2. The van der Waals surface area contributed by atoms with Crippen LogP contribution in [-0.4, -0.2) is 46.7 Å². The SMILES string of the molecule is CCN(CC)CCOc1cccc(C(=O)c2cnn(-c3ccc(F)cc3)c2N)c1. The molecule has 0 aliphatic heterocycles. The second-order valence-electron chi connectivity index (χ2n) is 6.56. The average Bonchev–Trinajstić information content (AvgIpc) is 3.13. The largest absolute Gasteiger partial charge is 0.492 e. The van der Waals surface area contributed by atoms with Crippen molar-refractivity contribution in [2.24, 2.45) is 0 Å². The molecule has 0 unspecified atom stereocenters. The predicted octanol–water partition coefficient (Wildman–Crippen LogP) is 3.55. The molecule has 0 aliphatic carbocycles. The third kappa shape index (κ3) is 4.81. The first-order valence-corrected chi connectivity index (χ1v) is 9.62. The number of likely N-dealkylation sites (N-methyl/N-ethyl adjacent to an activating group) is 1. The van der Waals surface area contributed by atoms with E-state index in [0.717, 1.165) is 19.6 Å². The molecule has 0 radical (unpaired) electrons. The summed E-state index contributed by atoms with van der Waals surface area (Å²) in [6.45, 7) is 7.52. The molecule has 2 N–H and O–H groups in total. The highest BCUT2D eigenvalue weighted by molar-refractivity contribution is 6.11. The molecule has 0 saturated heterocycles. The molecule has 0 atom stereocenters. The number of nitrogens with two attached hydrogens (primary N) is 1. The van der Waals surface area contributed by atoms with E-state index in [1.807, 2.05) is 6.07 Å². The van der Waals surface area contributed by atoms with E-state index < -0.39 is 0 Å². The van der Waals surface area contributed by atoms with E-state index in [1.54, 1.807) is 30.3 Å². The molecule has 1 aromatic heterocycles. The number of carbonyl (C=O) groups is 1. The van der Waals surface area contributed by atoms with Gasteiger partial charge in [-0.05, 0) is 49.5 Å². The summed E-state index contributed by atoms with van der Waals surface area (Å²) in [7, 11) is 0. The number of nitrogens with zero attached hydrogens (tertiary/aromatic N) is 3. The Hall–Kier alpha value is -3.19. The van der Waals surface area contributed by atoms with Crippen LogP contribution in [0.5, 0.6) is 5.75 Å². The number of nitrogen functional groups attached to an aromatic ring is 1. The summed E-state index contributed by atoms with van der Waals surface area (Å²) >= 11 is 0. The Labute approximate surface area is 169 Å². The molecular weight excluding hydrogens is 371 g/mol. The second-order valence-corrected chi connectivity index (χ2v) is 6.56. The zero-order valence-electron chi connectivity index (χ0n) is 16.6. The second kappa shape index (κ2) is 9.34. The van der Waals surface area contributed by atoms with Crippen molar-refractivity contribution in [3.8, 4) is 11.4 Å². The van der Waals surface area contributed by atoms with Crippen LogP contribution in [0.15, 0.2) is 54.7 Å². The van der Waals surface area contributed by atoms with Crippen LogP contribution in [0.3, 0.4) is 0 Å². The summed E-state index contributed by atoms with van der Waals surface area (Å²) in [4.78, 5) is 15.2. The van der Waals surface area contributed by atoms with Crippen LogP contribution in [0, 0.1) is 5.82 Å². The maximum atomic E-state index is 13.1. The number of ether oxygens (including phenoxy) is 1. The van der Waals surface area contributed by atoms with Gasteiger partial charge in [-0.1, -0.05) is 26.0 Å². The van der Waals surface area contributed by atoms with Gasteiger partial charge in [0.2, 0.25) is 0 Å². The molecule has 1 heterocycles. The van der Waals surface area contributed by atoms with Crippen LogP contribution >= 0.6 is 0 Å². The molecule has 152 valence electrons. The number of halogens is 1. The van der Waals surface area contributed by atoms with Gasteiger partial charge in [0.1, 0.15) is 24.0 Å². The number of anilines is 1. The number of hydrogen-bond acceptors (Lipinski definition) is 5. The van der Waals surface area contributed by atoms with Gasteiger partial charge >= 0.3 is 0 Å². The Bertz CT molecular complexity index is 965. The molecule has 0 amide bonds. The minimum atomic E-state index is -0.353. The summed E-state index contributed by atoms with van der Waals surface area (Å²) in [5.41, 5.74) is 7.48. The predicted molar refractivity (Wildman–Crippen MR) is 111 cm³/mol. The van der Waals surface area contributed by atoms with Crippen LogP contribution in [0.4, 0.5) is 10.2 Å². The number of carbonyl (C=O) groups excluding carboxylic acids is 1. The van der Waals surface area contributed by atoms with Crippen molar-refractivity contribution in [1.29, 1.82) is 0 Å². The van der Waals surface area contributed by atoms with E-state index in [1.165, 1.54) is 23.0 Å². The van der Waals surface area contributed by atoms with Crippen LogP contribution in [0.1, 0.15) is 29.8 Å². The fourth-order valence-corrected chi connectivity index (χ4v) is 3.04. The van der Waals surface area contributed by atoms with Gasteiger partial charge < -0.3 is 15.4 Å². The zero-order chi connectivity index (χ0) is 20.8. The lowest BCUT2D eigenvalue weighted by molar-refractivity contribution is 0.103. The monoisotopic (exact) mass is 396 g/mol. The van der Waals surface area contributed by atoms with E-state index in [9.17, 15) is 9.18 Å². The molecule has 2 aromatic carbocycles. The fraction of sp³-hybridized carbons (Fsp3) is 0.273. The van der Waals surface area contributed by atoms with Gasteiger partial charge in [0.15, 0.2) is 5.78 Å². The molecule has 0 bridgehead atoms. The number of benzene rings is 2. The van der Waals surface area contributed by atoms with Gasteiger partial charge in [0.05, 0.1) is 17.4 Å². The van der Waals surface area contributed by atoms with Crippen molar-refractivity contribution in [3.05, 3.63) is 71.7 Å². The maximum Gasteiger partial charge on any atom is 0.198 e. The van der Waals surface area contributed by atoms with Crippen molar-refractivity contribution in [1.82, 2.24) is 14.7 Å². The minimum absolute atomic E-state index is 0.203. The standard InChI is InChI=1S/C22H25FN4O2/c1-3-26(4-2)12-13-29-19-7-5-6-16(14-19)21(28)20-15-25-27(22(20)24)18-10-8-17(23)9-11-18/h5-11,14-15H,3-4,12-13,24H2,1-2H3. The van der Waals surface area contributed by atoms with E-state index in [4.69, 9.17) is 10.5 Å². The number of aromatic nitrogens is 2. The van der Waals surface area contributed by atoms with Crippen LogP contribution in [-0.2, 0) is 0 Å². The highest BCUT2D eigenvalue weighted by atomic mass is 19.1. The van der Waals surface area contributed by atoms with Crippen molar-refractivity contribution in [2.75, 3.05) is 32.0 Å². The Morgan fingerprint density at radius 3 is 2.59 bits per heavy atom. The molecule has 0 fully saturated rings.